The number of morpholine rings is 1. The minimum absolute atomic E-state index is 0.118. The smallest absolute Gasteiger partial charge is 0.332 e. The topological polar surface area (TPSA) is 89.7 Å². The Hall–Kier alpha value is -2.20. The molecular formula is C16H21N5O4S. The first-order chi connectivity index (χ1) is 12.6. The summed E-state index contributed by atoms with van der Waals surface area (Å²) < 4.78 is 8.07. The Labute approximate surface area is 153 Å². The van der Waals surface area contributed by atoms with Gasteiger partial charge in [-0.3, -0.25) is 18.7 Å². The van der Waals surface area contributed by atoms with Gasteiger partial charge in [-0.05, 0) is 12.8 Å². The van der Waals surface area contributed by atoms with Crippen molar-refractivity contribution in [3.05, 3.63) is 20.8 Å². The molecule has 0 N–H and O–H groups in total. The molecule has 9 nitrogen and oxygen atoms in total. The minimum atomic E-state index is -0.512. The molecule has 2 aliphatic rings. The number of fused-ring (bicyclic) bond motifs is 1. The van der Waals surface area contributed by atoms with E-state index in [0.717, 1.165) is 35.6 Å². The predicted octanol–water partition coefficient (Wildman–Crippen LogP) is -0.384. The van der Waals surface area contributed by atoms with Gasteiger partial charge in [0.15, 0.2) is 10.8 Å². The highest BCUT2D eigenvalue weighted by atomic mass is 32.1. The minimum Gasteiger partial charge on any atom is -0.378 e. The van der Waals surface area contributed by atoms with E-state index in [1.807, 2.05) is 0 Å². The molecule has 0 saturated carbocycles. The average Bonchev–Trinajstić information content (AvgIpc) is 3.33. The Morgan fingerprint density at radius 3 is 2.54 bits per heavy atom. The molecule has 0 radical (unpaired) electrons. The van der Waals surface area contributed by atoms with Crippen LogP contribution in [0, 0.1) is 0 Å². The molecule has 2 aromatic rings. The molecule has 4 rings (SSSR count). The van der Waals surface area contributed by atoms with Crippen molar-refractivity contribution < 1.29 is 9.53 Å². The molecule has 10 heteroatoms. The van der Waals surface area contributed by atoms with Crippen LogP contribution in [0.2, 0.25) is 0 Å². The maximum Gasteiger partial charge on any atom is 0.332 e. The van der Waals surface area contributed by atoms with E-state index in [2.05, 4.69) is 9.88 Å². The van der Waals surface area contributed by atoms with Crippen molar-refractivity contribution in [2.24, 2.45) is 7.05 Å². The fraction of sp³-hybridized carbons (Fsp3) is 0.625. The van der Waals surface area contributed by atoms with Crippen LogP contribution in [0.1, 0.15) is 12.8 Å². The maximum atomic E-state index is 12.6. The number of aromatic nitrogens is 3. The van der Waals surface area contributed by atoms with Crippen molar-refractivity contribution in [3.63, 3.8) is 0 Å². The monoisotopic (exact) mass is 379 g/mol. The first kappa shape index (κ1) is 17.2. The lowest BCUT2D eigenvalue weighted by atomic mass is 10.4. The van der Waals surface area contributed by atoms with E-state index in [0.29, 0.717) is 36.7 Å². The maximum absolute atomic E-state index is 12.6. The van der Waals surface area contributed by atoms with Gasteiger partial charge in [-0.1, -0.05) is 11.3 Å². The SMILES string of the molecule is Cn1c(=O)c2sc(N3CCCC3)nc2n(CC(=O)N2CCOCC2)c1=O. The van der Waals surface area contributed by atoms with Gasteiger partial charge in [0, 0.05) is 33.2 Å². The summed E-state index contributed by atoms with van der Waals surface area (Å²) in [4.78, 5) is 46.1. The number of nitrogens with zero attached hydrogens (tertiary/aromatic N) is 5. The van der Waals surface area contributed by atoms with Crippen molar-refractivity contribution in [2.45, 2.75) is 19.4 Å². The molecule has 140 valence electrons. The molecule has 0 spiro atoms. The van der Waals surface area contributed by atoms with E-state index in [9.17, 15) is 14.4 Å². The Bertz CT molecular complexity index is 950. The van der Waals surface area contributed by atoms with Gasteiger partial charge >= 0.3 is 5.69 Å². The second-order valence-corrected chi connectivity index (χ2v) is 7.55. The predicted molar refractivity (Wildman–Crippen MR) is 98.0 cm³/mol. The van der Waals surface area contributed by atoms with Crippen LogP contribution < -0.4 is 16.1 Å². The van der Waals surface area contributed by atoms with Gasteiger partial charge in [-0.2, -0.15) is 0 Å². The molecule has 0 unspecified atom stereocenters. The van der Waals surface area contributed by atoms with Gasteiger partial charge in [0.25, 0.3) is 5.56 Å². The second-order valence-electron chi connectivity index (χ2n) is 6.57. The number of carbonyl (C=O) groups excluding carboxylic acids is 1. The van der Waals surface area contributed by atoms with Crippen molar-refractivity contribution in [1.29, 1.82) is 0 Å². The van der Waals surface area contributed by atoms with Crippen molar-refractivity contribution in [1.82, 2.24) is 19.0 Å². The summed E-state index contributed by atoms with van der Waals surface area (Å²) in [6, 6.07) is 0. The standard InChI is InChI=1S/C16H21N5O4S/c1-18-14(23)12-13(17-15(26-12)20-4-2-3-5-20)21(16(18)24)10-11(22)19-6-8-25-9-7-19/h2-10H2,1H3. The highest BCUT2D eigenvalue weighted by Crippen LogP contribution is 2.28. The number of ether oxygens (including phenoxy) is 1. The first-order valence-corrected chi connectivity index (χ1v) is 9.59. The molecule has 0 aliphatic carbocycles. The largest absolute Gasteiger partial charge is 0.378 e. The highest BCUT2D eigenvalue weighted by Gasteiger charge is 2.24. The molecule has 0 atom stereocenters. The van der Waals surface area contributed by atoms with Gasteiger partial charge in [0.05, 0.1) is 13.2 Å². The zero-order valence-corrected chi connectivity index (χ0v) is 15.5. The molecule has 4 heterocycles. The number of thiazole rings is 1. The summed E-state index contributed by atoms with van der Waals surface area (Å²) in [7, 11) is 1.44. The Morgan fingerprint density at radius 2 is 1.85 bits per heavy atom. The number of carbonyl (C=O) groups is 1. The molecule has 2 fully saturated rings. The Morgan fingerprint density at radius 1 is 1.15 bits per heavy atom. The number of anilines is 1. The molecule has 2 saturated heterocycles. The van der Waals surface area contributed by atoms with E-state index in [4.69, 9.17) is 4.74 Å². The van der Waals surface area contributed by atoms with Gasteiger partial charge in [0.1, 0.15) is 11.2 Å². The lowest BCUT2D eigenvalue weighted by Crippen LogP contribution is -2.45. The molecule has 2 aromatic heterocycles. The number of amides is 1. The Balaban J connectivity index is 1.75. The third-order valence-electron chi connectivity index (χ3n) is 4.90. The van der Waals surface area contributed by atoms with Crippen molar-refractivity contribution in [3.8, 4) is 0 Å². The van der Waals surface area contributed by atoms with Crippen LogP contribution in [0.15, 0.2) is 9.59 Å². The molecule has 0 bridgehead atoms. The fourth-order valence-electron chi connectivity index (χ4n) is 3.37. The zero-order chi connectivity index (χ0) is 18.3. The number of rotatable bonds is 3. The summed E-state index contributed by atoms with van der Waals surface area (Å²) in [6.45, 7) is 3.70. The van der Waals surface area contributed by atoms with Crippen LogP contribution in [0.4, 0.5) is 5.13 Å². The Kier molecular flexibility index (Phi) is 4.53. The molecule has 2 aliphatic heterocycles. The van der Waals surface area contributed by atoms with Crippen LogP contribution in [0.25, 0.3) is 10.3 Å². The van der Waals surface area contributed by atoms with Crippen LogP contribution in [-0.4, -0.2) is 64.3 Å². The lowest BCUT2D eigenvalue weighted by Gasteiger charge is -2.27. The summed E-state index contributed by atoms with van der Waals surface area (Å²) in [5.41, 5.74) is -0.558. The molecule has 26 heavy (non-hydrogen) atoms. The van der Waals surface area contributed by atoms with E-state index < -0.39 is 5.69 Å². The van der Waals surface area contributed by atoms with Crippen LogP contribution in [-0.2, 0) is 23.1 Å². The first-order valence-electron chi connectivity index (χ1n) is 8.77. The summed E-state index contributed by atoms with van der Waals surface area (Å²) in [6.07, 6.45) is 2.19. The molecule has 0 aromatic carbocycles. The third-order valence-corrected chi connectivity index (χ3v) is 6.00. The van der Waals surface area contributed by atoms with Gasteiger partial charge < -0.3 is 14.5 Å². The normalized spacial score (nSPS) is 18.0. The van der Waals surface area contributed by atoms with Gasteiger partial charge in [0.2, 0.25) is 5.91 Å². The third kappa shape index (κ3) is 2.92. The highest BCUT2D eigenvalue weighted by molar-refractivity contribution is 7.22. The van der Waals surface area contributed by atoms with Crippen LogP contribution >= 0.6 is 11.3 Å². The van der Waals surface area contributed by atoms with Crippen LogP contribution in [0.5, 0.6) is 0 Å². The quantitative estimate of drug-likeness (QED) is 0.722. The van der Waals surface area contributed by atoms with E-state index in [1.54, 1.807) is 4.90 Å². The number of hydrogen-bond acceptors (Lipinski definition) is 7. The van der Waals surface area contributed by atoms with Gasteiger partial charge in [-0.25, -0.2) is 9.78 Å². The van der Waals surface area contributed by atoms with Gasteiger partial charge in [-0.15, -0.1) is 0 Å². The summed E-state index contributed by atoms with van der Waals surface area (Å²) >= 11 is 1.30. The lowest BCUT2D eigenvalue weighted by molar-refractivity contribution is -0.135. The summed E-state index contributed by atoms with van der Waals surface area (Å²) in [5, 5.41) is 0.743. The van der Waals surface area contributed by atoms with E-state index in [-0.39, 0.29) is 18.0 Å². The number of hydrogen-bond donors (Lipinski definition) is 0. The zero-order valence-electron chi connectivity index (χ0n) is 14.6. The molecular weight excluding hydrogens is 358 g/mol. The molecule has 1 amide bonds. The van der Waals surface area contributed by atoms with Crippen LogP contribution in [0.3, 0.4) is 0 Å². The van der Waals surface area contributed by atoms with Crippen molar-refractivity contribution >= 4 is 32.7 Å². The summed E-state index contributed by atoms with van der Waals surface area (Å²) in [5.74, 6) is -0.161. The average molecular weight is 379 g/mol. The fourth-order valence-corrected chi connectivity index (χ4v) is 4.47. The second kappa shape index (κ2) is 6.84. The van der Waals surface area contributed by atoms with E-state index >= 15 is 0 Å². The van der Waals surface area contributed by atoms with E-state index in [1.165, 1.54) is 23.0 Å². The van der Waals surface area contributed by atoms with Crippen molar-refractivity contribution in [2.75, 3.05) is 44.3 Å².